The average molecular weight is 656 g/mol. The molecule has 1 aromatic carbocycles. The molecule has 1 saturated heterocycles. The number of thiophene rings is 1. The topological polar surface area (TPSA) is 87.1 Å². The number of carbonyl (C=O) groups excluding carboxylic acids is 1. The Balaban J connectivity index is 1.65. The lowest BCUT2D eigenvalue weighted by Gasteiger charge is -2.33. The first-order valence-corrected chi connectivity index (χ1v) is 12.7. The van der Waals surface area contributed by atoms with Gasteiger partial charge in [0.15, 0.2) is 0 Å². The number of aliphatic hydroxyl groups is 1. The maximum Gasteiger partial charge on any atom is 0.410 e. The third kappa shape index (κ3) is 6.74. The van der Waals surface area contributed by atoms with Crippen LogP contribution in [0.25, 0.3) is 0 Å². The van der Waals surface area contributed by atoms with E-state index < -0.39 is 30.1 Å². The van der Waals surface area contributed by atoms with Gasteiger partial charge in [0.25, 0.3) is 0 Å². The first kappa shape index (κ1) is 26.0. The van der Waals surface area contributed by atoms with Gasteiger partial charge in [-0.05, 0) is 65.8 Å². The summed E-state index contributed by atoms with van der Waals surface area (Å²) in [7, 11) is 0. The molecular formula is C22H21BrF2INO5S. The number of ether oxygens (including phenoxy) is 1. The zero-order valence-electron chi connectivity index (χ0n) is 17.2. The second-order valence-corrected chi connectivity index (χ2v) is 10.8. The molecule has 11 heteroatoms. The first-order valence-electron chi connectivity index (χ1n) is 10.0. The molecular weight excluding hydrogens is 635 g/mol. The van der Waals surface area contributed by atoms with Crippen LogP contribution in [-0.4, -0.2) is 52.5 Å². The maximum absolute atomic E-state index is 14.8. The van der Waals surface area contributed by atoms with Gasteiger partial charge in [-0.25, -0.2) is 9.59 Å². The Hall–Kier alpha value is -1.57. The van der Waals surface area contributed by atoms with Crippen molar-refractivity contribution in [1.82, 2.24) is 4.90 Å². The molecule has 1 aromatic heterocycles. The SMILES string of the molecule is O=C(O)c1ccc(CCCN2C(=O)OCC[C@@H]2C=CC(O)C(F)(F)c2cc(Br)cc(I)c2)s1. The summed E-state index contributed by atoms with van der Waals surface area (Å²) in [6.07, 6.45) is 1.38. The van der Waals surface area contributed by atoms with Gasteiger partial charge >= 0.3 is 18.0 Å². The van der Waals surface area contributed by atoms with Crippen molar-refractivity contribution in [3.05, 3.63) is 65.8 Å². The number of alkyl halides is 2. The highest BCUT2D eigenvalue weighted by Gasteiger charge is 2.40. The van der Waals surface area contributed by atoms with Gasteiger partial charge in [0.2, 0.25) is 0 Å². The second-order valence-electron chi connectivity index (χ2n) is 7.45. The summed E-state index contributed by atoms with van der Waals surface area (Å²) in [4.78, 5) is 25.8. The zero-order chi connectivity index (χ0) is 24.2. The van der Waals surface area contributed by atoms with E-state index in [1.165, 1.54) is 40.5 Å². The molecule has 0 spiro atoms. The van der Waals surface area contributed by atoms with Crippen molar-refractivity contribution in [3.63, 3.8) is 0 Å². The smallest absolute Gasteiger partial charge is 0.410 e. The van der Waals surface area contributed by atoms with Crippen LogP contribution in [-0.2, 0) is 17.1 Å². The predicted molar refractivity (Wildman–Crippen MR) is 132 cm³/mol. The Morgan fingerprint density at radius 1 is 1.39 bits per heavy atom. The Labute approximate surface area is 215 Å². The van der Waals surface area contributed by atoms with Crippen LogP contribution >= 0.6 is 49.9 Å². The van der Waals surface area contributed by atoms with Crippen molar-refractivity contribution in [2.24, 2.45) is 0 Å². The Kier molecular flexibility index (Phi) is 8.87. The van der Waals surface area contributed by atoms with Gasteiger partial charge in [-0.15, -0.1) is 11.3 Å². The fourth-order valence-corrected chi connectivity index (χ4v) is 5.90. The van der Waals surface area contributed by atoms with Crippen molar-refractivity contribution in [3.8, 4) is 0 Å². The van der Waals surface area contributed by atoms with Crippen LogP contribution in [0.2, 0.25) is 0 Å². The van der Waals surface area contributed by atoms with Crippen LogP contribution < -0.4 is 0 Å². The highest BCUT2D eigenvalue weighted by molar-refractivity contribution is 14.1. The minimum Gasteiger partial charge on any atom is -0.477 e. The number of carboxylic acids is 1. The minimum absolute atomic E-state index is 0.160. The van der Waals surface area contributed by atoms with Gasteiger partial charge in [0, 0.05) is 31.4 Å². The lowest BCUT2D eigenvalue weighted by Crippen LogP contribution is -2.45. The lowest BCUT2D eigenvalue weighted by molar-refractivity contribution is -0.0930. The van der Waals surface area contributed by atoms with Crippen LogP contribution in [0.1, 0.15) is 33.0 Å². The molecule has 2 heterocycles. The van der Waals surface area contributed by atoms with Crippen molar-refractivity contribution in [2.75, 3.05) is 13.2 Å². The predicted octanol–water partition coefficient (Wildman–Crippen LogP) is 5.67. The highest BCUT2D eigenvalue weighted by atomic mass is 127. The molecule has 33 heavy (non-hydrogen) atoms. The molecule has 1 aliphatic heterocycles. The van der Waals surface area contributed by atoms with E-state index in [-0.39, 0.29) is 17.0 Å². The number of benzene rings is 1. The fraction of sp³-hybridized carbons (Fsp3) is 0.364. The largest absolute Gasteiger partial charge is 0.477 e. The van der Waals surface area contributed by atoms with Gasteiger partial charge < -0.3 is 19.8 Å². The lowest BCUT2D eigenvalue weighted by atomic mass is 10.0. The van der Waals surface area contributed by atoms with Gasteiger partial charge in [-0.2, -0.15) is 8.78 Å². The first-order chi connectivity index (χ1) is 15.6. The van der Waals surface area contributed by atoms with E-state index in [2.05, 4.69) is 15.9 Å². The molecule has 0 saturated carbocycles. The highest BCUT2D eigenvalue weighted by Crippen LogP contribution is 2.35. The van der Waals surface area contributed by atoms with Gasteiger partial charge in [-0.3, -0.25) is 0 Å². The van der Waals surface area contributed by atoms with Crippen molar-refractivity contribution < 1.29 is 33.3 Å². The molecule has 3 rings (SSSR count). The molecule has 2 aromatic rings. The number of amides is 1. The molecule has 0 bridgehead atoms. The number of cyclic esters (lactones) is 1. The van der Waals surface area contributed by atoms with E-state index >= 15 is 0 Å². The summed E-state index contributed by atoms with van der Waals surface area (Å²) in [6.45, 7) is 0.470. The third-order valence-corrected chi connectivity index (χ3v) is 7.32. The van der Waals surface area contributed by atoms with E-state index in [9.17, 15) is 23.5 Å². The van der Waals surface area contributed by atoms with E-state index in [0.29, 0.717) is 33.9 Å². The average Bonchev–Trinajstić information content (AvgIpc) is 3.22. The van der Waals surface area contributed by atoms with Crippen LogP contribution in [0.3, 0.4) is 0 Å². The molecule has 1 fully saturated rings. The fourth-order valence-electron chi connectivity index (χ4n) is 3.42. The quantitative estimate of drug-likeness (QED) is 0.269. The molecule has 6 nitrogen and oxygen atoms in total. The van der Waals surface area contributed by atoms with Crippen LogP contribution in [0, 0.1) is 3.57 Å². The Morgan fingerprint density at radius 2 is 2.15 bits per heavy atom. The molecule has 178 valence electrons. The zero-order valence-corrected chi connectivity index (χ0v) is 21.8. The number of carbonyl (C=O) groups is 2. The standard InChI is InChI=1S/C22H21BrF2INO5S/c23-14-10-13(11-15(26)12-14)22(24,25)19(28)6-3-16-7-9-32-21(31)27(16)8-1-2-17-4-5-18(33-17)20(29)30/h3-6,10-12,16,19,28H,1-2,7-9H2,(H,29,30)/t16-,19?/m0/s1. The van der Waals surface area contributed by atoms with Crippen LogP contribution in [0.5, 0.6) is 0 Å². The number of hydrogen-bond donors (Lipinski definition) is 2. The number of aliphatic hydroxyl groups excluding tert-OH is 1. The summed E-state index contributed by atoms with van der Waals surface area (Å²) in [5, 5.41) is 19.2. The number of carboxylic acid groups (broad SMARTS) is 1. The van der Waals surface area contributed by atoms with E-state index in [1.54, 1.807) is 12.1 Å². The Bertz CT molecular complexity index is 1030. The molecule has 2 N–H and O–H groups in total. The maximum atomic E-state index is 14.8. The van der Waals surface area contributed by atoms with E-state index in [0.717, 1.165) is 11.0 Å². The number of aryl methyl sites for hydroxylation is 1. The molecule has 2 atom stereocenters. The molecule has 1 aliphatic rings. The molecule has 0 radical (unpaired) electrons. The molecule has 1 unspecified atom stereocenters. The summed E-state index contributed by atoms with van der Waals surface area (Å²) >= 11 is 6.30. The normalized spacial score (nSPS) is 17.9. The number of aromatic carboxylic acids is 1. The van der Waals surface area contributed by atoms with Crippen molar-refractivity contribution in [2.45, 2.75) is 37.3 Å². The summed E-state index contributed by atoms with van der Waals surface area (Å²) in [5.41, 5.74) is -0.310. The van der Waals surface area contributed by atoms with Gasteiger partial charge in [0.05, 0.1) is 12.6 Å². The van der Waals surface area contributed by atoms with Gasteiger partial charge in [-0.1, -0.05) is 28.1 Å². The van der Waals surface area contributed by atoms with E-state index in [4.69, 9.17) is 9.84 Å². The van der Waals surface area contributed by atoms with Crippen molar-refractivity contribution in [1.29, 1.82) is 0 Å². The van der Waals surface area contributed by atoms with Crippen LogP contribution in [0.15, 0.2) is 47.0 Å². The number of nitrogens with zero attached hydrogens (tertiary/aromatic N) is 1. The number of rotatable bonds is 9. The third-order valence-electron chi connectivity index (χ3n) is 5.10. The van der Waals surface area contributed by atoms with Gasteiger partial charge in [0.1, 0.15) is 11.0 Å². The van der Waals surface area contributed by atoms with Crippen molar-refractivity contribution >= 4 is 61.9 Å². The molecule has 0 aliphatic carbocycles. The second kappa shape index (κ2) is 11.2. The number of hydrogen-bond acceptors (Lipinski definition) is 5. The number of halogens is 4. The summed E-state index contributed by atoms with van der Waals surface area (Å²) < 4.78 is 35.8. The Morgan fingerprint density at radius 3 is 2.82 bits per heavy atom. The van der Waals surface area contributed by atoms with E-state index in [1.807, 2.05) is 22.6 Å². The van der Waals surface area contributed by atoms with Crippen LogP contribution in [0.4, 0.5) is 13.6 Å². The summed E-state index contributed by atoms with van der Waals surface area (Å²) in [6, 6.07) is 7.05. The monoisotopic (exact) mass is 655 g/mol. The summed E-state index contributed by atoms with van der Waals surface area (Å²) in [5.74, 6) is -4.50. The molecule has 1 amide bonds. The minimum atomic E-state index is -3.51.